The fourth-order valence-corrected chi connectivity index (χ4v) is 3.50. The highest BCUT2D eigenvalue weighted by Crippen LogP contribution is 2.18. The van der Waals surface area contributed by atoms with Crippen LogP contribution in [-0.2, 0) is 11.2 Å². The smallest absolute Gasteiger partial charge is 0.410 e. The highest BCUT2D eigenvalue weighted by molar-refractivity contribution is 5.74. The van der Waals surface area contributed by atoms with E-state index in [1.165, 1.54) is 11.3 Å². The summed E-state index contributed by atoms with van der Waals surface area (Å²) in [5, 5.41) is 3.02. The van der Waals surface area contributed by atoms with Crippen molar-refractivity contribution in [2.24, 2.45) is 0 Å². The zero-order chi connectivity index (χ0) is 22.3. The number of carbonyl (C=O) groups excluding carboxylic acids is 2. The molecular weight excluding hydrogens is 380 g/mol. The van der Waals surface area contributed by atoms with E-state index < -0.39 is 5.60 Å². The van der Waals surface area contributed by atoms with Crippen LogP contribution in [0, 0.1) is 0 Å². The Morgan fingerprint density at radius 3 is 2.23 bits per heavy atom. The Kier molecular flexibility index (Phi) is 8.38. The van der Waals surface area contributed by atoms with Gasteiger partial charge in [0.25, 0.3) is 0 Å². The fourth-order valence-electron chi connectivity index (χ4n) is 3.50. The van der Waals surface area contributed by atoms with Crippen LogP contribution in [0.5, 0.6) is 0 Å². The number of likely N-dealkylation sites (tertiary alicyclic amines) is 1. The molecule has 168 valence electrons. The molecule has 0 aromatic heterocycles. The molecule has 2 rings (SSSR count). The molecule has 0 atom stereocenters. The standard InChI is InChI=1S/C23H38N4O3/c1-23(2,3)30-22(29)26(6)20-13-16-27(17-14-20)21(28)24-15-7-8-18-9-11-19(12-10-18)25(4)5/h9-12,20H,7-8,13-17H2,1-6H3,(H,24,28). The first-order valence-electron chi connectivity index (χ1n) is 10.8. The predicted octanol–water partition coefficient (Wildman–Crippen LogP) is 3.73. The van der Waals surface area contributed by atoms with Gasteiger partial charge in [-0.3, -0.25) is 0 Å². The van der Waals surface area contributed by atoms with Crippen molar-refractivity contribution >= 4 is 17.8 Å². The molecule has 1 fully saturated rings. The van der Waals surface area contributed by atoms with E-state index in [4.69, 9.17) is 4.74 Å². The minimum Gasteiger partial charge on any atom is -0.444 e. The van der Waals surface area contributed by atoms with E-state index >= 15 is 0 Å². The van der Waals surface area contributed by atoms with Crippen LogP contribution < -0.4 is 10.2 Å². The van der Waals surface area contributed by atoms with Crippen molar-refractivity contribution in [1.29, 1.82) is 0 Å². The van der Waals surface area contributed by atoms with Gasteiger partial charge in [-0.25, -0.2) is 9.59 Å². The van der Waals surface area contributed by atoms with Crippen molar-refractivity contribution < 1.29 is 14.3 Å². The molecule has 3 amide bonds. The number of aryl methyl sites for hydroxylation is 1. The van der Waals surface area contributed by atoms with Crippen molar-refractivity contribution in [1.82, 2.24) is 15.1 Å². The third-order valence-corrected chi connectivity index (χ3v) is 5.35. The summed E-state index contributed by atoms with van der Waals surface area (Å²) in [4.78, 5) is 30.2. The van der Waals surface area contributed by atoms with E-state index in [-0.39, 0.29) is 18.2 Å². The maximum atomic E-state index is 12.4. The number of amides is 3. The highest BCUT2D eigenvalue weighted by atomic mass is 16.6. The van der Waals surface area contributed by atoms with Crippen LogP contribution in [-0.4, -0.2) is 74.3 Å². The Labute approximate surface area is 181 Å². The number of carbonyl (C=O) groups is 2. The molecule has 0 aliphatic carbocycles. The Morgan fingerprint density at radius 1 is 1.10 bits per heavy atom. The van der Waals surface area contributed by atoms with Gasteiger partial charge < -0.3 is 24.8 Å². The van der Waals surface area contributed by atoms with E-state index in [0.29, 0.717) is 19.6 Å². The average molecular weight is 419 g/mol. The summed E-state index contributed by atoms with van der Waals surface area (Å²) in [6, 6.07) is 8.61. The van der Waals surface area contributed by atoms with Gasteiger partial charge in [0.2, 0.25) is 0 Å². The number of ether oxygens (including phenoxy) is 1. The van der Waals surface area contributed by atoms with Crippen LogP contribution in [0.3, 0.4) is 0 Å². The van der Waals surface area contributed by atoms with Crippen LogP contribution in [0.25, 0.3) is 0 Å². The van der Waals surface area contributed by atoms with E-state index in [9.17, 15) is 9.59 Å². The quantitative estimate of drug-likeness (QED) is 0.715. The van der Waals surface area contributed by atoms with Crippen LogP contribution in [0.15, 0.2) is 24.3 Å². The number of benzene rings is 1. The zero-order valence-electron chi connectivity index (χ0n) is 19.4. The van der Waals surface area contributed by atoms with Gasteiger partial charge in [0.15, 0.2) is 0 Å². The minimum atomic E-state index is -0.500. The molecular formula is C23H38N4O3. The zero-order valence-corrected chi connectivity index (χ0v) is 19.4. The number of anilines is 1. The number of urea groups is 1. The van der Waals surface area contributed by atoms with Gasteiger partial charge >= 0.3 is 12.1 Å². The third-order valence-electron chi connectivity index (χ3n) is 5.35. The van der Waals surface area contributed by atoms with Crippen LogP contribution in [0.1, 0.15) is 45.6 Å². The monoisotopic (exact) mass is 418 g/mol. The molecule has 1 saturated heterocycles. The van der Waals surface area contributed by atoms with Crippen LogP contribution in [0.2, 0.25) is 0 Å². The lowest BCUT2D eigenvalue weighted by Crippen LogP contribution is -2.50. The fraction of sp³-hybridized carbons (Fsp3) is 0.652. The molecule has 0 radical (unpaired) electrons. The van der Waals surface area contributed by atoms with Crippen LogP contribution >= 0.6 is 0 Å². The largest absolute Gasteiger partial charge is 0.444 e. The molecule has 30 heavy (non-hydrogen) atoms. The maximum Gasteiger partial charge on any atom is 0.410 e. The van der Waals surface area contributed by atoms with Gasteiger partial charge in [-0.15, -0.1) is 0 Å². The van der Waals surface area contributed by atoms with Gasteiger partial charge in [-0.05, 0) is 64.2 Å². The van der Waals surface area contributed by atoms with Gasteiger partial charge in [0.05, 0.1) is 0 Å². The lowest BCUT2D eigenvalue weighted by molar-refractivity contribution is 0.0168. The topological polar surface area (TPSA) is 65.1 Å². The molecule has 0 spiro atoms. The lowest BCUT2D eigenvalue weighted by atomic mass is 10.0. The summed E-state index contributed by atoms with van der Waals surface area (Å²) in [6.45, 7) is 7.55. The Morgan fingerprint density at radius 2 is 1.70 bits per heavy atom. The second-order valence-corrected chi connectivity index (χ2v) is 9.21. The molecule has 1 aromatic carbocycles. The normalized spacial score (nSPS) is 14.9. The molecule has 7 heteroatoms. The van der Waals surface area contributed by atoms with Crippen molar-refractivity contribution in [2.75, 3.05) is 45.7 Å². The van der Waals surface area contributed by atoms with Crippen molar-refractivity contribution in [3.63, 3.8) is 0 Å². The van der Waals surface area contributed by atoms with Crippen molar-refractivity contribution in [3.05, 3.63) is 29.8 Å². The first-order chi connectivity index (χ1) is 14.1. The first kappa shape index (κ1) is 23.8. The molecule has 1 N–H and O–H groups in total. The second kappa shape index (κ2) is 10.5. The second-order valence-electron chi connectivity index (χ2n) is 9.21. The third kappa shape index (κ3) is 7.43. The number of hydrogen-bond donors (Lipinski definition) is 1. The minimum absolute atomic E-state index is 0.0173. The predicted molar refractivity (Wildman–Crippen MR) is 121 cm³/mol. The molecule has 7 nitrogen and oxygen atoms in total. The van der Waals surface area contributed by atoms with Gasteiger partial charge in [0, 0.05) is 52.5 Å². The maximum absolute atomic E-state index is 12.4. The SMILES string of the molecule is CN(C)c1ccc(CCCNC(=O)N2CCC(N(C)C(=O)OC(C)(C)C)CC2)cc1. The number of hydrogen-bond acceptors (Lipinski definition) is 4. The number of rotatable bonds is 6. The molecule has 1 heterocycles. The summed E-state index contributed by atoms with van der Waals surface area (Å²) in [7, 11) is 5.84. The van der Waals surface area contributed by atoms with E-state index in [1.807, 2.05) is 39.8 Å². The number of nitrogens with one attached hydrogen (secondary N) is 1. The molecule has 0 saturated carbocycles. The molecule has 1 aliphatic heterocycles. The summed E-state index contributed by atoms with van der Waals surface area (Å²) >= 11 is 0. The Bertz CT molecular complexity index is 689. The Hall–Kier alpha value is -2.44. The van der Waals surface area contributed by atoms with Crippen LogP contribution in [0.4, 0.5) is 15.3 Å². The van der Waals surface area contributed by atoms with E-state index in [0.717, 1.165) is 25.7 Å². The number of nitrogens with zero attached hydrogens (tertiary/aromatic N) is 3. The Balaban J connectivity index is 1.67. The van der Waals surface area contributed by atoms with E-state index in [1.54, 1.807) is 11.9 Å². The summed E-state index contributed by atoms with van der Waals surface area (Å²) in [6.07, 6.45) is 3.08. The number of piperidine rings is 1. The summed E-state index contributed by atoms with van der Waals surface area (Å²) in [5.74, 6) is 0. The van der Waals surface area contributed by atoms with E-state index in [2.05, 4.69) is 34.5 Å². The van der Waals surface area contributed by atoms with Gasteiger partial charge in [-0.2, -0.15) is 0 Å². The molecule has 0 unspecified atom stereocenters. The van der Waals surface area contributed by atoms with Gasteiger partial charge in [0.1, 0.15) is 5.60 Å². The average Bonchev–Trinajstić information content (AvgIpc) is 2.69. The van der Waals surface area contributed by atoms with Crippen molar-refractivity contribution in [3.8, 4) is 0 Å². The summed E-state index contributed by atoms with van der Waals surface area (Å²) in [5.41, 5.74) is 1.97. The highest BCUT2D eigenvalue weighted by Gasteiger charge is 2.29. The van der Waals surface area contributed by atoms with Gasteiger partial charge in [-0.1, -0.05) is 12.1 Å². The first-order valence-corrected chi connectivity index (χ1v) is 10.8. The van der Waals surface area contributed by atoms with Crippen molar-refractivity contribution in [2.45, 2.75) is 58.1 Å². The molecule has 1 aromatic rings. The summed E-state index contributed by atoms with van der Waals surface area (Å²) < 4.78 is 5.44. The molecule has 0 bridgehead atoms. The molecule has 1 aliphatic rings. The lowest BCUT2D eigenvalue weighted by Gasteiger charge is -2.37.